The number of fused-ring (bicyclic) bond motifs is 1. The molecule has 0 bridgehead atoms. The Morgan fingerprint density at radius 3 is 2.17 bits per heavy atom. The Bertz CT molecular complexity index is 569. The van der Waals surface area contributed by atoms with E-state index in [1.165, 1.54) is 0 Å². The van der Waals surface area contributed by atoms with Gasteiger partial charge in [0.25, 0.3) is 17.7 Å². The predicted octanol–water partition coefficient (Wildman–Crippen LogP) is 0.686. The third-order valence-electron chi connectivity index (χ3n) is 3.04. The average Bonchev–Trinajstić information content (AvgIpc) is 2.64. The van der Waals surface area contributed by atoms with Gasteiger partial charge >= 0.3 is 0 Å². The van der Waals surface area contributed by atoms with Crippen LogP contribution in [0.1, 0.15) is 27.1 Å². The third-order valence-corrected chi connectivity index (χ3v) is 3.04. The summed E-state index contributed by atoms with van der Waals surface area (Å²) in [6.07, 6.45) is 2.25. The quantitative estimate of drug-likeness (QED) is 0.737. The average molecular weight is 242 g/mol. The standard InChI is InChI=1S/C13H10N2O3/c16-11-10(6-3-7-14-11)15-12(17)8-4-1-2-5-9(8)13(15)18/h1-2,4-6H,3,7H2,(H,14,16). The zero-order valence-corrected chi connectivity index (χ0v) is 9.47. The van der Waals surface area contributed by atoms with Gasteiger partial charge in [-0.1, -0.05) is 18.2 Å². The van der Waals surface area contributed by atoms with E-state index < -0.39 is 11.8 Å². The Hall–Kier alpha value is -2.43. The lowest BCUT2D eigenvalue weighted by Gasteiger charge is -2.20. The van der Waals surface area contributed by atoms with Gasteiger partial charge in [0.15, 0.2) is 0 Å². The van der Waals surface area contributed by atoms with Crippen LogP contribution < -0.4 is 5.32 Å². The van der Waals surface area contributed by atoms with Crippen molar-refractivity contribution in [1.29, 1.82) is 0 Å². The van der Waals surface area contributed by atoms with E-state index in [2.05, 4.69) is 5.32 Å². The van der Waals surface area contributed by atoms with Crippen LogP contribution in [0.5, 0.6) is 0 Å². The molecule has 2 aliphatic rings. The fourth-order valence-corrected chi connectivity index (χ4v) is 2.18. The monoisotopic (exact) mass is 242 g/mol. The number of hydrogen-bond donors (Lipinski definition) is 1. The number of amides is 3. The highest BCUT2D eigenvalue weighted by Gasteiger charge is 2.39. The Morgan fingerprint density at radius 1 is 1.00 bits per heavy atom. The molecule has 5 nitrogen and oxygen atoms in total. The lowest BCUT2D eigenvalue weighted by atomic mass is 10.1. The van der Waals surface area contributed by atoms with E-state index >= 15 is 0 Å². The molecule has 18 heavy (non-hydrogen) atoms. The molecular weight excluding hydrogens is 232 g/mol. The van der Waals surface area contributed by atoms with Crippen molar-refractivity contribution in [2.75, 3.05) is 6.54 Å². The third kappa shape index (κ3) is 1.37. The molecule has 1 aromatic rings. The van der Waals surface area contributed by atoms with Crippen LogP contribution in [0, 0.1) is 0 Å². The van der Waals surface area contributed by atoms with Crippen molar-refractivity contribution in [3.63, 3.8) is 0 Å². The molecule has 0 saturated carbocycles. The van der Waals surface area contributed by atoms with Crippen LogP contribution in [-0.4, -0.2) is 29.2 Å². The first kappa shape index (κ1) is 10.7. The number of nitrogens with one attached hydrogen (secondary N) is 1. The van der Waals surface area contributed by atoms with E-state index in [1.54, 1.807) is 30.3 Å². The Kier molecular flexibility index (Phi) is 2.26. The summed E-state index contributed by atoms with van der Waals surface area (Å²) in [4.78, 5) is 36.9. The highest BCUT2D eigenvalue weighted by atomic mass is 16.2. The van der Waals surface area contributed by atoms with Gasteiger partial charge in [0.2, 0.25) is 0 Å². The Morgan fingerprint density at radius 2 is 1.61 bits per heavy atom. The van der Waals surface area contributed by atoms with Crippen molar-refractivity contribution in [2.24, 2.45) is 0 Å². The number of carbonyl (C=O) groups excluding carboxylic acids is 3. The van der Waals surface area contributed by atoms with E-state index in [-0.39, 0.29) is 11.6 Å². The first-order valence-corrected chi connectivity index (χ1v) is 5.66. The second-order valence-electron chi connectivity index (χ2n) is 4.13. The molecule has 2 aliphatic heterocycles. The normalized spacial score (nSPS) is 18.6. The van der Waals surface area contributed by atoms with E-state index in [4.69, 9.17) is 0 Å². The molecule has 0 aliphatic carbocycles. The van der Waals surface area contributed by atoms with Gasteiger partial charge in [0.05, 0.1) is 11.1 Å². The van der Waals surface area contributed by atoms with Gasteiger partial charge in [0.1, 0.15) is 5.70 Å². The van der Waals surface area contributed by atoms with Crippen LogP contribution in [0.15, 0.2) is 36.0 Å². The van der Waals surface area contributed by atoms with Crippen molar-refractivity contribution in [3.05, 3.63) is 47.2 Å². The summed E-state index contributed by atoms with van der Waals surface area (Å²) in [7, 11) is 0. The molecule has 0 saturated heterocycles. The predicted molar refractivity (Wildman–Crippen MR) is 62.7 cm³/mol. The van der Waals surface area contributed by atoms with Crippen molar-refractivity contribution in [1.82, 2.24) is 10.2 Å². The van der Waals surface area contributed by atoms with Crippen LogP contribution >= 0.6 is 0 Å². The summed E-state index contributed by atoms with van der Waals surface area (Å²) in [5.74, 6) is -1.24. The number of imide groups is 1. The van der Waals surface area contributed by atoms with Crippen molar-refractivity contribution in [3.8, 4) is 0 Å². The van der Waals surface area contributed by atoms with Gasteiger partial charge in [-0.05, 0) is 18.6 Å². The minimum Gasteiger partial charge on any atom is -0.350 e. The molecule has 1 N–H and O–H groups in total. The van der Waals surface area contributed by atoms with Crippen molar-refractivity contribution in [2.45, 2.75) is 6.42 Å². The van der Waals surface area contributed by atoms with E-state index in [9.17, 15) is 14.4 Å². The smallest absolute Gasteiger partial charge is 0.268 e. The van der Waals surface area contributed by atoms with Gasteiger partial charge in [-0.3, -0.25) is 14.4 Å². The lowest BCUT2D eigenvalue weighted by molar-refractivity contribution is -0.118. The molecular formula is C13H10N2O3. The van der Waals surface area contributed by atoms with Crippen molar-refractivity contribution >= 4 is 17.7 Å². The number of rotatable bonds is 1. The summed E-state index contributed by atoms with van der Waals surface area (Å²) in [5.41, 5.74) is 0.830. The number of hydrogen-bond acceptors (Lipinski definition) is 3. The molecule has 0 radical (unpaired) electrons. The first-order chi connectivity index (χ1) is 8.70. The summed E-state index contributed by atoms with van der Waals surface area (Å²) < 4.78 is 0. The van der Waals surface area contributed by atoms with E-state index in [0.717, 1.165) is 4.90 Å². The maximum Gasteiger partial charge on any atom is 0.268 e. The lowest BCUT2D eigenvalue weighted by Crippen LogP contribution is -2.40. The Balaban J connectivity index is 2.07. The van der Waals surface area contributed by atoms with Crippen LogP contribution in [0.25, 0.3) is 0 Å². The van der Waals surface area contributed by atoms with Gasteiger partial charge < -0.3 is 5.32 Å². The zero-order chi connectivity index (χ0) is 12.7. The van der Waals surface area contributed by atoms with Gasteiger partial charge in [-0.2, -0.15) is 0 Å². The second-order valence-corrected chi connectivity index (χ2v) is 4.13. The minimum absolute atomic E-state index is 0.132. The molecule has 90 valence electrons. The topological polar surface area (TPSA) is 66.5 Å². The highest BCUT2D eigenvalue weighted by molar-refractivity contribution is 6.25. The zero-order valence-electron chi connectivity index (χ0n) is 9.47. The van der Waals surface area contributed by atoms with E-state index in [1.807, 2.05) is 0 Å². The van der Waals surface area contributed by atoms with Crippen LogP contribution in [0.2, 0.25) is 0 Å². The van der Waals surface area contributed by atoms with E-state index in [0.29, 0.717) is 24.1 Å². The fraction of sp³-hybridized carbons (Fsp3) is 0.154. The SMILES string of the molecule is O=C1NCCC=C1N1C(=O)c2ccccc2C1=O. The molecule has 0 atom stereocenters. The molecule has 3 rings (SSSR count). The maximum absolute atomic E-state index is 12.1. The summed E-state index contributed by atoms with van der Waals surface area (Å²) in [5, 5.41) is 2.62. The molecule has 3 amide bonds. The van der Waals surface area contributed by atoms with Gasteiger partial charge in [-0.25, -0.2) is 4.90 Å². The first-order valence-electron chi connectivity index (χ1n) is 5.66. The highest BCUT2D eigenvalue weighted by Crippen LogP contribution is 2.26. The summed E-state index contributed by atoms with van der Waals surface area (Å²) in [6, 6.07) is 6.58. The largest absolute Gasteiger partial charge is 0.350 e. The molecule has 0 spiro atoms. The van der Waals surface area contributed by atoms with Crippen LogP contribution in [0.4, 0.5) is 0 Å². The van der Waals surface area contributed by atoms with Crippen molar-refractivity contribution < 1.29 is 14.4 Å². The van der Waals surface area contributed by atoms with Crippen LogP contribution in [0.3, 0.4) is 0 Å². The maximum atomic E-state index is 12.1. The van der Waals surface area contributed by atoms with Gasteiger partial charge in [0, 0.05) is 6.54 Å². The number of carbonyl (C=O) groups is 3. The van der Waals surface area contributed by atoms with Gasteiger partial charge in [-0.15, -0.1) is 0 Å². The minimum atomic E-state index is -0.432. The molecule has 0 fully saturated rings. The summed E-state index contributed by atoms with van der Waals surface area (Å²) >= 11 is 0. The Labute approximate surface area is 103 Å². The molecule has 0 aromatic heterocycles. The molecule has 2 heterocycles. The summed E-state index contributed by atoms with van der Waals surface area (Å²) in [6.45, 7) is 0.533. The molecule has 1 aromatic carbocycles. The molecule has 0 unspecified atom stereocenters. The fourth-order valence-electron chi connectivity index (χ4n) is 2.18. The number of nitrogens with zero attached hydrogens (tertiary/aromatic N) is 1. The second kappa shape index (κ2) is 3.80. The van der Waals surface area contributed by atoms with Crippen LogP contribution in [-0.2, 0) is 4.79 Å². The number of benzene rings is 1. The molecule has 5 heteroatoms.